The van der Waals surface area contributed by atoms with Crippen LogP contribution < -0.4 is 16.2 Å². The van der Waals surface area contributed by atoms with Crippen LogP contribution in [-0.2, 0) is 6.54 Å². The third-order valence-electron chi connectivity index (χ3n) is 4.57. The fraction of sp³-hybridized carbons (Fsp3) is 0.316. The largest absolute Gasteiger partial charge is 0.391 e. The summed E-state index contributed by atoms with van der Waals surface area (Å²) in [6.45, 7) is 0.247. The SMILES string of the molecule is CNC(=O)c1cc(C(=O)N[C@@H]2CC[C@H]2O)cn(Cc2ccccc2)c1=O. The van der Waals surface area contributed by atoms with Gasteiger partial charge in [-0.15, -0.1) is 0 Å². The molecule has 1 aromatic carbocycles. The summed E-state index contributed by atoms with van der Waals surface area (Å²) in [5.74, 6) is -0.962. The molecular formula is C19H21N3O4. The summed E-state index contributed by atoms with van der Waals surface area (Å²) in [6.07, 6.45) is 2.26. The van der Waals surface area contributed by atoms with Gasteiger partial charge in [0.15, 0.2) is 0 Å². The number of hydrogen-bond acceptors (Lipinski definition) is 4. The van der Waals surface area contributed by atoms with Crippen LogP contribution in [0.25, 0.3) is 0 Å². The third kappa shape index (κ3) is 3.67. The van der Waals surface area contributed by atoms with E-state index in [4.69, 9.17) is 0 Å². The van der Waals surface area contributed by atoms with E-state index < -0.39 is 23.5 Å². The summed E-state index contributed by atoms with van der Waals surface area (Å²) >= 11 is 0. The third-order valence-corrected chi connectivity index (χ3v) is 4.57. The van der Waals surface area contributed by atoms with E-state index in [9.17, 15) is 19.5 Å². The Morgan fingerprint density at radius 3 is 2.50 bits per heavy atom. The van der Waals surface area contributed by atoms with Crippen LogP contribution >= 0.6 is 0 Å². The molecule has 0 unspecified atom stereocenters. The number of aliphatic hydroxyl groups is 1. The van der Waals surface area contributed by atoms with Gasteiger partial charge >= 0.3 is 0 Å². The van der Waals surface area contributed by atoms with Crippen molar-refractivity contribution in [2.75, 3.05) is 7.05 Å². The molecule has 0 bridgehead atoms. The van der Waals surface area contributed by atoms with Crippen LogP contribution in [0.2, 0.25) is 0 Å². The second kappa shape index (κ2) is 7.53. The maximum absolute atomic E-state index is 12.6. The molecule has 7 nitrogen and oxygen atoms in total. The van der Waals surface area contributed by atoms with Gasteiger partial charge in [-0.3, -0.25) is 14.4 Å². The average Bonchev–Trinajstić information content (AvgIpc) is 2.66. The lowest BCUT2D eigenvalue weighted by atomic mass is 9.89. The first kappa shape index (κ1) is 17.9. The number of hydrogen-bond donors (Lipinski definition) is 3. The molecule has 1 aromatic heterocycles. The fourth-order valence-electron chi connectivity index (χ4n) is 2.86. The second-order valence-electron chi connectivity index (χ2n) is 6.36. The number of aliphatic hydroxyl groups excluding tert-OH is 1. The van der Waals surface area contributed by atoms with E-state index in [1.54, 1.807) is 0 Å². The Balaban J connectivity index is 1.95. The molecule has 0 aliphatic heterocycles. The van der Waals surface area contributed by atoms with Crippen molar-refractivity contribution in [3.8, 4) is 0 Å². The number of pyridine rings is 1. The smallest absolute Gasteiger partial charge is 0.263 e. The molecule has 1 saturated carbocycles. The lowest BCUT2D eigenvalue weighted by Gasteiger charge is -2.32. The Morgan fingerprint density at radius 1 is 1.19 bits per heavy atom. The first-order valence-corrected chi connectivity index (χ1v) is 8.49. The molecular weight excluding hydrogens is 334 g/mol. The van der Waals surface area contributed by atoms with Crippen LogP contribution in [0, 0.1) is 0 Å². The van der Waals surface area contributed by atoms with E-state index in [1.807, 2.05) is 30.3 Å². The molecule has 2 atom stereocenters. The molecule has 1 fully saturated rings. The number of benzene rings is 1. The minimum Gasteiger partial charge on any atom is -0.391 e. The van der Waals surface area contributed by atoms with Crippen molar-refractivity contribution in [1.29, 1.82) is 0 Å². The molecule has 7 heteroatoms. The number of carbonyl (C=O) groups excluding carboxylic acids is 2. The van der Waals surface area contributed by atoms with E-state index in [0.29, 0.717) is 12.8 Å². The van der Waals surface area contributed by atoms with Gasteiger partial charge in [0, 0.05) is 13.2 Å². The van der Waals surface area contributed by atoms with E-state index in [2.05, 4.69) is 10.6 Å². The highest BCUT2D eigenvalue weighted by Crippen LogP contribution is 2.19. The number of carbonyl (C=O) groups is 2. The molecule has 26 heavy (non-hydrogen) atoms. The van der Waals surface area contributed by atoms with Crippen molar-refractivity contribution in [2.24, 2.45) is 0 Å². The molecule has 1 aliphatic carbocycles. The minimum absolute atomic E-state index is 0.0924. The van der Waals surface area contributed by atoms with Crippen molar-refractivity contribution in [3.63, 3.8) is 0 Å². The van der Waals surface area contributed by atoms with Crippen LogP contribution in [0.15, 0.2) is 47.4 Å². The topological polar surface area (TPSA) is 100 Å². The Hall–Kier alpha value is -2.93. The van der Waals surface area contributed by atoms with Gasteiger partial charge in [-0.1, -0.05) is 30.3 Å². The van der Waals surface area contributed by atoms with Gasteiger partial charge in [0.1, 0.15) is 5.56 Å². The zero-order valence-corrected chi connectivity index (χ0v) is 14.4. The van der Waals surface area contributed by atoms with E-state index in [1.165, 1.54) is 23.9 Å². The van der Waals surface area contributed by atoms with Crippen LogP contribution in [0.5, 0.6) is 0 Å². The standard InChI is InChI=1S/C19H21N3O4/c1-20-18(25)14-9-13(17(24)21-15-7-8-16(15)23)11-22(19(14)26)10-12-5-3-2-4-6-12/h2-6,9,11,15-16,23H,7-8,10H2,1H3,(H,20,25)(H,21,24)/t15-,16-/m1/s1. The molecule has 0 radical (unpaired) electrons. The quantitative estimate of drug-likeness (QED) is 0.727. The maximum atomic E-state index is 12.6. The van der Waals surface area contributed by atoms with Crippen molar-refractivity contribution >= 4 is 11.8 Å². The number of rotatable bonds is 5. The summed E-state index contributed by atoms with van der Waals surface area (Å²) in [4.78, 5) is 37.2. The summed E-state index contributed by atoms with van der Waals surface area (Å²) in [5, 5.41) is 14.8. The predicted octanol–water partition coefficient (Wildman–Crippen LogP) is 0.509. The van der Waals surface area contributed by atoms with Crippen LogP contribution in [-0.4, -0.2) is 40.7 Å². The molecule has 0 saturated heterocycles. The Morgan fingerprint density at radius 2 is 1.92 bits per heavy atom. The zero-order valence-electron chi connectivity index (χ0n) is 14.4. The van der Waals surface area contributed by atoms with Gasteiger partial charge in [-0.2, -0.15) is 0 Å². The molecule has 1 aliphatic rings. The first-order chi connectivity index (χ1) is 12.5. The Labute approximate surface area is 150 Å². The summed E-state index contributed by atoms with van der Waals surface area (Å²) in [5.41, 5.74) is 0.529. The number of nitrogens with zero attached hydrogens (tertiary/aromatic N) is 1. The molecule has 2 amide bonds. The van der Waals surface area contributed by atoms with Gasteiger partial charge in [-0.25, -0.2) is 0 Å². The summed E-state index contributed by atoms with van der Waals surface area (Å²) in [6, 6.07) is 10.3. The average molecular weight is 355 g/mol. The molecule has 3 rings (SSSR count). The fourth-order valence-corrected chi connectivity index (χ4v) is 2.86. The normalized spacial score (nSPS) is 18.7. The van der Waals surface area contributed by atoms with Gasteiger partial charge in [-0.05, 0) is 24.5 Å². The minimum atomic E-state index is -0.549. The van der Waals surface area contributed by atoms with Gasteiger partial charge in [0.2, 0.25) is 0 Å². The van der Waals surface area contributed by atoms with Crippen molar-refractivity contribution in [2.45, 2.75) is 31.5 Å². The second-order valence-corrected chi connectivity index (χ2v) is 6.36. The molecule has 0 spiro atoms. The molecule has 2 aromatic rings. The zero-order chi connectivity index (χ0) is 18.7. The van der Waals surface area contributed by atoms with Crippen molar-refractivity contribution < 1.29 is 14.7 Å². The highest BCUT2D eigenvalue weighted by atomic mass is 16.3. The number of nitrogens with one attached hydrogen (secondary N) is 2. The highest BCUT2D eigenvalue weighted by molar-refractivity contribution is 5.99. The number of aromatic nitrogens is 1. The van der Waals surface area contributed by atoms with Gasteiger partial charge in [0.25, 0.3) is 17.4 Å². The predicted molar refractivity (Wildman–Crippen MR) is 96.1 cm³/mol. The lowest BCUT2D eigenvalue weighted by molar-refractivity contribution is 0.0447. The highest BCUT2D eigenvalue weighted by Gasteiger charge is 2.30. The summed E-state index contributed by atoms with van der Waals surface area (Å²) in [7, 11) is 1.43. The number of amides is 2. The van der Waals surface area contributed by atoms with Gasteiger partial charge < -0.3 is 20.3 Å². The van der Waals surface area contributed by atoms with Crippen LogP contribution in [0.3, 0.4) is 0 Å². The van der Waals surface area contributed by atoms with Crippen LogP contribution in [0.1, 0.15) is 39.1 Å². The Kier molecular flexibility index (Phi) is 5.18. The van der Waals surface area contributed by atoms with E-state index in [-0.39, 0.29) is 23.7 Å². The Bertz CT molecular complexity index is 876. The van der Waals surface area contributed by atoms with Gasteiger partial charge in [0.05, 0.1) is 24.3 Å². The molecule has 136 valence electrons. The molecule has 3 N–H and O–H groups in total. The van der Waals surface area contributed by atoms with Crippen molar-refractivity contribution in [1.82, 2.24) is 15.2 Å². The summed E-state index contributed by atoms with van der Waals surface area (Å²) < 4.78 is 1.35. The maximum Gasteiger partial charge on any atom is 0.263 e. The monoisotopic (exact) mass is 355 g/mol. The first-order valence-electron chi connectivity index (χ1n) is 8.49. The van der Waals surface area contributed by atoms with Crippen LogP contribution in [0.4, 0.5) is 0 Å². The van der Waals surface area contributed by atoms with E-state index >= 15 is 0 Å². The molecule has 1 heterocycles. The van der Waals surface area contributed by atoms with E-state index in [0.717, 1.165) is 5.56 Å². The lowest BCUT2D eigenvalue weighted by Crippen LogP contribution is -2.50. The van der Waals surface area contributed by atoms with Crippen molar-refractivity contribution in [3.05, 3.63) is 69.6 Å².